The molecule has 0 saturated carbocycles. The van der Waals surface area contributed by atoms with Crippen molar-refractivity contribution in [2.75, 3.05) is 25.1 Å². The highest BCUT2D eigenvalue weighted by atomic mass is 16.5. The Morgan fingerprint density at radius 2 is 1.96 bits per heavy atom. The maximum Gasteiger partial charge on any atom is 0.309 e. The van der Waals surface area contributed by atoms with Gasteiger partial charge in [0, 0.05) is 6.54 Å². The van der Waals surface area contributed by atoms with Gasteiger partial charge in [0.05, 0.1) is 31.2 Å². The van der Waals surface area contributed by atoms with Crippen LogP contribution in [-0.2, 0) is 19.1 Å². The van der Waals surface area contributed by atoms with Crippen molar-refractivity contribution in [2.24, 2.45) is 5.92 Å². The second kappa shape index (κ2) is 6.96. The number of anilines is 1. The lowest BCUT2D eigenvalue weighted by atomic mass is 9.96. The molecule has 2 heterocycles. The molecule has 1 aromatic carbocycles. The van der Waals surface area contributed by atoms with Crippen molar-refractivity contribution in [1.29, 1.82) is 0 Å². The SMILES string of the molecule is COC(=O)[C@H]1CCCN([C@@H]2CC(=O)N(c3ccc(C)c(C)c3)C2=O)C1. The first-order valence-electron chi connectivity index (χ1n) is 8.68. The van der Waals surface area contributed by atoms with E-state index in [9.17, 15) is 14.4 Å². The molecule has 2 aliphatic heterocycles. The second-order valence-electron chi connectivity index (χ2n) is 6.91. The van der Waals surface area contributed by atoms with Gasteiger partial charge in [-0.15, -0.1) is 0 Å². The summed E-state index contributed by atoms with van der Waals surface area (Å²) in [5.74, 6) is -0.845. The van der Waals surface area contributed by atoms with Gasteiger partial charge in [0.2, 0.25) is 5.91 Å². The standard InChI is InChI=1S/C19H24N2O4/c1-12-6-7-15(9-13(12)2)21-17(22)10-16(18(21)23)20-8-4-5-14(11-20)19(24)25-3/h6-7,9,14,16H,4-5,8,10-11H2,1-3H3/t14-,16+/m0/s1. The van der Waals surface area contributed by atoms with Crippen LogP contribution in [0.1, 0.15) is 30.4 Å². The monoisotopic (exact) mass is 344 g/mol. The smallest absolute Gasteiger partial charge is 0.309 e. The Morgan fingerprint density at radius 1 is 1.20 bits per heavy atom. The van der Waals surface area contributed by atoms with E-state index < -0.39 is 6.04 Å². The van der Waals surface area contributed by atoms with Crippen molar-refractivity contribution in [3.05, 3.63) is 29.3 Å². The van der Waals surface area contributed by atoms with Gasteiger partial charge in [0.15, 0.2) is 0 Å². The molecule has 2 aliphatic rings. The number of ether oxygens (including phenoxy) is 1. The number of methoxy groups -OCH3 is 1. The minimum atomic E-state index is -0.485. The molecule has 0 radical (unpaired) electrons. The number of piperidine rings is 1. The maximum atomic E-state index is 12.9. The van der Waals surface area contributed by atoms with E-state index in [2.05, 4.69) is 0 Å². The van der Waals surface area contributed by atoms with Gasteiger partial charge < -0.3 is 4.74 Å². The zero-order valence-electron chi connectivity index (χ0n) is 14.9. The van der Waals surface area contributed by atoms with Crippen LogP contribution < -0.4 is 4.90 Å². The number of nitrogens with zero attached hydrogens (tertiary/aromatic N) is 2. The number of carbonyl (C=O) groups is 3. The molecule has 2 atom stereocenters. The van der Waals surface area contributed by atoms with E-state index in [1.54, 1.807) is 0 Å². The highest BCUT2D eigenvalue weighted by Gasteiger charge is 2.44. The number of carbonyl (C=O) groups excluding carboxylic acids is 3. The van der Waals surface area contributed by atoms with Gasteiger partial charge in [-0.2, -0.15) is 0 Å². The minimum Gasteiger partial charge on any atom is -0.469 e. The quantitative estimate of drug-likeness (QED) is 0.618. The molecule has 6 heteroatoms. The molecule has 25 heavy (non-hydrogen) atoms. The van der Waals surface area contributed by atoms with Crippen LogP contribution in [0.15, 0.2) is 18.2 Å². The summed E-state index contributed by atoms with van der Waals surface area (Å²) < 4.78 is 4.84. The van der Waals surface area contributed by atoms with Gasteiger partial charge in [-0.1, -0.05) is 6.07 Å². The summed E-state index contributed by atoms with van der Waals surface area (Å²) in [6.07, 6.45) is 1.75. The Morgan fingerprint density at radius 3 is 2.64 bits per heavy atom. The van der Waals surface area contributed by atoms with Gasteiger partial charge in [0.25, 0.3) is 5.91 Å². The largest absolute Gasteiger partial charge is 0.469 e. The number of imide groups is 1. The van der Waals surface area contributed by atoms with Crippen molar-refractivity contribution in [1.82, 2.24) is 4.90 Å². The number of rotatable bonds is 3. The third-order valence-electron chi connectivity index (χ3n) is 5.30. The molecule has 2 saturated heterocycles. The van der Waals surface area contributed by atoms with Crippen molar-refractivity contribution >= 4 is 23.5 Å². The minimum absolute atomic E-state index is 0.166. The molecule has 0 unspecified atom stereocenters. The van der Waals surface area contributed by atoms with E-state index in [0.717, 1.165) is 30.5 Å². The molecule has 0 bridgehead atoms. The Balaban J connectivity index is 1.79. The second-order valence-corrected chi connectivity index (χ2v) is 6.91. The molecule has 0 aromatic heterocycles. The Bertz CT molecular complexity index is 715. The summed E-state index contributed by atoms with van der Waals surface area (Å²) in [6, 6.07) is 5.13. The maximum absolute atomic E-state index is 12.9. The normalized spacial score (nSPS) is 24.7. The highest BCUT2D eigenvalue weighted by Crippen LogP contribution is 2.29. The summed E-state index contributed by atoms with van der Waals surface area (Å²) in [7, 11) is 1.38. The fourth-order valence-electron chi connectivity index (χ4n) is 3.69. The third-order valence-corrected chi connectivity index (χ3v) is 5.30. The van der Waals surface area contributed by atoms with Crippen LogP contribution in [0.25, 0.3) is 0 Å². The molecule has 0 aliphatic carbocycles. The van der Waals surface area contributed by atoms with E-state index >= 15 is 0 Å². The third kappa shape index (κ3) is 3.31. The average molecular weight is 344 g/mol. The van der Waals surface area contributed by atoms with Crippen LogP contribution in [0.3, 0.4) is 0 Å². The van der Waals surface area contributed by atoms with Crippen molar-refractivity contribution < 1.29 is 19.1 Å². The van der Waals surface area contributed by atoms with Crippen LogP contribution >= 0.6 is 0 Å². The van der Waals surface area contributed by atoms with Crippen LogP contribution in [0.2, 0.25) is 0 Å². The summed E-state index contributed by atoms with van der Waals surface area (Å²) in [6.45, 7) is 5.15. The first-order valence-corrected chi connectivity index (χ1v) is 8.68. The Labute approximate surface area is 147 Å². The van der Waals surface area contributed by atoms with Gasteiger partial charge in [-0.3, -0.25) is 19.3 Å². The van der Waals surface area contributed by atoms with Crippen LogP contribution in [0, 0.1) is 19.8 Å². The summed E-state index contributed by atoms with van der Waals surface area (Å²) in [5.41, 5.74) is 2.80. The molecular weight excluding hydrogens is 320 g/mol. The fourth-order valence-corrected chi connectivity index (χ4v) is 3.69. The molecule has 134 valence electrons. The van der Waals surface area contributed by atoms with Gasteiger partial charge in [-0.25, -0.2) is 4.90 Å². The number of aryl methyl sites for hydroxylation is 2. The predicted molar refractivity (Wildman–Crippen MR) is 93.1 cm³/mol. The van der Waals surface area contributed by atoms with Gasteiger partial charge >= 0.3 is 5.97 Å². The summed E-state index contributed by atoms with van der Waals surface area (Å²) >= 11 is 0. The first-order chi connectivity index (χ1) is 11.9. The molecule has 0 N–H and O–H groups in total. The molecule has 3 rings (SSSR count). The van der Waals surface area contributed by atoms with Crippen LogP contribution in [-0.4, -0.2) is 48.9 Å². The zero-order valence-corrected chi connectivity index (χ0v) is 14.9. The molecule has 2 fully saturated rings. The molecule has 2 amide bonds. The highest BCUT2D eigenvalue weighted by molar-refractivity contribution is 6.22. The molecule has 0 spiro atoms. The van der Waals surface area contributed by atoms with E-state index in [1.165, 1.54) is 12.0 Å². The topological polar surface area (TPSA) is 66.9 Å². The Hall–Kier alpha value is -2.21. The predicted octanol–water partition coefficient (Wildman–Crippen LogP) is 1.82. The average Bonchev–Trinajstić information content (AvgIpc) is 2.91. The summed E-state index contributed by atoms with van der Waals surface area (Å²) in [5, 5.41) is 0. The lowest BCUT2D eigenvalue weighted by Gasteiger charge is -2.34. The molecular formula is C19H24N2O4. The van der Waals surface area contributed by atoms with Gasteiger partial charge in [0.1, 0.15) is 0 Å². The van der Waals surface area contributed by atoms with Crippen molar-refractivity contribution in [2.45, 2.75) is 39.2 Å². The fraction of sp³-hybridized carbons (Fsp3) is 0.526. The number of hydrogen-bond donors (Lipinski definition) is 0. The lowest BCUT2D eigenvalue weighted by molar-refractivity contribution is -0.148. The number of esters is 1. The molecule has 1 aromatic rings. The lowest BCUT2D eigenvalue weighted by Crippen LogP contribution is -2.48. The zero-order chi connectivity index (χ0) is 18.1. The summed E-state index contributed by atoms with van der Waals surface area (Å²) in [4.78, 5) is 40.5. The first kappa shape index (κ1) is 17.6. The number of likely N-dealkylation sites (tertiary alicyclic amines) is 1. The van der Waals surface area contributed by atoms with E-state index in [-0.39, 0.29) is 30.1 Å². The number of benzene rings is 1. The van der Waals surface area contributed by atoms with E-state index in [4.69, 9.17) is 4.74 Å². The Kier molecular flexibility index (Phi) is 4.90. The van der Waals surface area contributed by atoms with Crippen LogP contribution in [0.4, 0.5) is 5.69 Å². The molecule has 6 nitrogen and oxygen atoms in total. The van der Waals surface area contributed by atoms with E-state index in [1.807, 2.05) is 36.9 Å². The van der Waals surface area contributed by atoms with Crippen LogP contribution in [0.5, 0.6) is 0 Å². The number of hydrogen-bond acceptors (Lipinski definition) is 5. The van der Waals surface area contributed by atoms with Crippen molar-refractivity contribution in [3.63, 3.8) is 0 Å². The number of amides is 2. The van der Waals surface area contributed by atoms with E-state index in [0.29, 0.717) is 12.2 Å². The van der Waals surface area contributed by atoms with Gasteiger partial charge in [-0.05, 0) is 56.5 Å². The van der Waals surface area contributed by atoms with Crippen molar-refractivity contribution in [3.8, 4) is 0 Å².